The van der Waals surface area contributed by atoms with Gasteiger partial charge >= 0.3 is 12.2 Å². The van der Waals surface area contributed by atoms with E-state index in [0.29, 0.717) is 39.3 Å². The van der Waals surface area contributed by atoms with Crippen LogP contribution in [0.3, 0.4) is 0 Å². The van der Waals surface area contributed by atoms with Gasteiger partial charge in [-0.25, -0.2) is 9.59 Å². The molecule has 356 valence electrons. The molecule has 0 aliphatic carbocycles. The van der Waals surface area contributed by atoms with Crippen molar-refractivity contribution in [2.45, 2.75) is 69.9 Å². The Labute approximate surface area is 400 Å². The molecule has 69 heavy (non-hydrogen) atoms. The maximum atomic E-state index is 14.7. The lowest BCUT2D eigenvalue weighted by atomic mass is 9.95. The highest BCUT2D eigenvalue weighted by Gasteiger charge is 2.36. The van der Waals surface area contributed by atoms with E-state index in [1.165, 1.54) is 7.05 Å². The summed E-state index contributed by atoms with van der Waals surface area (Å²) in [4.78, 5) is 70.2. The van der Waals surface area contributed by atoms with Crippen LogP contribution in [-0.2, 0) is 63.1 Å². The van der Waals surface area contributed by atoms with Crippen LogP contribution in [0.15, 0.2) is 158 Å². The Kier molecular flexibility index (Phi) is 17.0. The molecule has 1 aliphatic rings. The topological polar surface area (TPSA) is 208 Å². The lowest BCUT2D eigenvalue weighted by Crippen LogP contribution is -2.58. The van der Waals surface area contributed by atoms with E-state index in [0.717, 1.165) is 21.6 Å². The average Bonchev–Trinajstić information content (AvgIpc) is 3.37. The molecule has 15 nitrogen and oxygen atoms in total. The van der Waals surface area contributed by atoms with Gasteiger partial charge in [0.1, 0.15) is 56.1 Å². The summed E-state index contributed by atoms with van der Waals surface area (Å²) in [5, 5.41) is 19.3. The van der Waals surface area contributed by atoms with Gasteiger partial charge in [0.2, 0.25) is 17.7 Å². The smallest absolute Gasteiger partial charge is 0.408 e. The van der Waals surface area contributed by atoms with E-state index in [1.54, 1.807) is 60.7 Å². The standard InChI is InChI=1S/C54H55N5O10/c1-59-47(50(55)61)29-43-27-41(23-25-49(43)67-33-37-16-8-3-9-17-37)40-22-24-48(66-32-36-14-6-2-7-15-36)42(26-40)28-45(58-54(65)69-35-39-20-12-5-13-21-39)51(62)57-46(52(59)63)30-44(60)31-56-53(64)68-34-38-18-10-4-11-19-38/h2-27,44-47,60H,28-35H2,1H3,(H2,55,61)(H,56,64)(H,57,62)(H,58,65)/t44-,45+,46+,47+/m1/s1. The summed E-state index contributed by atoms with van der Waals surface area (Å²) in [5.41, 5.74) is 11.8. The number of rotatable bonds is 16. The van der Waals surface area contributed by atoms with E-state index in [9.17, 15) is 29.1 Å². The Morgan fingerprint density at radius 2 is 1.10 bits per heavy atom. The van der Waals surface area contributed by atoms with Crippen LogP contribution in [0.5, 0.6) is 11.5 Å². The number of hydrogen-bond donors (Lipinski definition) is 5. The Bertz CT molecular complexity index is 2670. The van der Waals surface area contributed by atoms with Crippen molar-refractivity contribution in [2.24, 2.45) is 5.73 Å². The zero-order chi connectivity index (χ0) is 48.5. The van der Waals surface area contributed by atoms with Crippen LogP contribution in [0.2, 0.25) is 0 Å². The van der Waals surface area contributed by atoms with Crippen molar-refractivity contribution >= 4 is 29.9 Å². The summed E-state index contributed by atoms with van der Waals surface area (Å²) in [6.45, 7) is -0.0817. The molecule has 6 N–H and O–H groups in total. The maximum absolute atomic E-state index is 14.7. The lowest BCUT2D eigenvalue weighted by molar-refractivity contribution is -0.141. The number of alkyl carbamates (subject to hydrolysis) is 2. The van der Waals surface area contributed by atoms with Crippen LogP contribution in [0, 0.1) is 0 Å². The van der Waals surface area contributed by atoms with E-state index in [4.69, 9.17) is 24.7 Å². The third-order valence-electron chi connectivity index (χ3n) is 11.5. The van der Waals surface area contributed by atoms with E-state index < -0.39 is 60.6 Å². The molecule has 4 atom stereocenters. The van der Waals surface area contributed by atoms with E-state index >= 15 is 0 Å². The molecule has 0 radical (unpaired) electrons. The van der Waals surface area contributed by atoms with Crippen LogP contribution in [0.1, 0.15) is 39.8 Å². The highest BCUT2D eigenvalue weighted by atomic mass is 16.6. The van der Waals surface area contributed by atoms with Gasteiger partial charge in [-0.05, 0) is 68.8 Å². The lowest BCUT2D eigenvalue weighted by Gasteiger charge is -2.32. The molecule has 0 aromatic heterocycles. The average molecular weight is 934 g/mol. The number of aliphatic hydroxyl groups is 1. The molecule has 4 bridgehead atoms. The van der Waals surface area contributed by atoms with Gasteiger partial charge in [-0.2, -0.15) is 0 Å². The minimum Gasteiger partial charge on any atom is -0.489 e. The number of fused-ring (bicyclic) bond motifs is 5. The molecule has 1 heterocycles. The summed E-state index contributed by atoms with van der Waals surface area (Å²) in [5.74, 6) is -1.57. The van der Waals surface area contributed by atoms with Gasteiger partial charge in [0, 0.05) is 32.9 Å². The van der Waals surface area contributed by atoms with Crippen molar-refractivity contribution < 1.29 is 48.0 Å². The molecule has 5 amide bonds. The van der Waals surface area contributed by atoms with E-state index in [2.05, 4.69) is 16.0 Å². The van der Waals surface area contributed by atoms with Crippen molar-refractivity contribution in [2.75, 3.05) is 13.6 Å². The van der Waals surface area contributed by atoms with Crippen LogP contribution in [0.25, 0.3) is 11.1 Å². The number of ether oxygens (including phenoxy) is 4. The van der Waals surface area contributed by atoms with Gasteiger partial charge in [0.05, 0.1) is 6.10 Å². The molecule has 6 aromatic rings. The second-order valence-electron chi connectivity index (χ2n) is 16.6. The Hall–Kier alpha value is -8.17. The zero-order valence-corrected chi connectivity index (χ0v) is 38.1. The van der Waals surface area contributed by atoms with Crippen LogP contribution >= 0.6 is 0 Å². The van der Waals surface area contributed by atoms with Crippen LogP contribution in [0.4, 0.5) is 9.59 Å². The summed E-state index contributed by atoms with van der Waals surface area (Å²) in [6.07, 6.45) is -3.82. The summed E-state index contributed by atoms with van der Waals surface area (Å²) < 4.78 is 23.6. The molecule has 1 aliphatic heterocycles. The quantitative estimate of drug-likeness (QED) is 0.0724. The summed E-state index contributed by atoms with van der Waals surface area (Å²) >= 11 is 0. The fourth-order valence-electron chi connectivity index (χ4n) is 7.79. The number of amides is 5. The maximum Gasteiger partial charge on any atom is 0.408 e. The molecule has 0 saturated carbocycles. The van der Waals surface area contributed by atoms with Crippen molar-refractivity contribution in [3.05, 3.63) is 191 Å². The number of nitrogens with zero attached hydrogens (tertiary/aromatic N) is 1. The number of carbonyl (C=O) groups excluding carboxylic acids is 5. The minimum absolute atomic E-state index is 0.0226. The number of primary amides is 1. The molecule has 0 saturated heterocycles. The number of aliphatic hydroxyl groups excluding tert-OH is 1. The number of hydrogen-bond acceptors (Lipinski definition) is 10. The Morgan fingerprint density at radius 3 is 1.58 bits per heavy atom. The number of carbonyl (C=O) groups is 5. The molecule has 15 heteroatoms. The van der Waals surface area contributed by atoms with Crippen molar-refractivity contribution in [3.63, 3.8) is 0 Å². The fraction of sp³-hybridized carbons (Fsp3) is 0.241. The van der Waals surface area contributed by atoms with Gasteiger partial charge in [0.25, 0.3) is 0 Å². The Morgan fingerprint density at radius 1 is 0.652 bits per heavy atom. The predicted octanol–water partition coefficient (Wildman–Crippen LogP) is 6.38. The van der Waals surface area contributed by atoms with Crippen LogP contribution < -0.4 is 31.2 Å². The molecule has 0 fully saturated rings. The first kappa shape index (κ1) is 48.8. The molecule has 7 rings (SSSR count). The normalized spacial score (nSPS) is 16.4. The third kappa shape index (κ3) is 14.2. The minimum atomic E-state index is -1.52. The summed E-state index contributed by atoms with van der Waals surface area (Å²) in [6, 6.07) is 44.0. The second kappa shape index (κ2) is 24.0. The highest BCUT2D eigenvalue weighted by Crippen LogP contribution is 2.33. The molecule has 0 unspecified atom stereocenters. The van der Waals surface area contributed by atoms with Crippen molar-refractivity contribution in [3.8, 4) is 22.6 Å². The molecule has 6 aromatic carbocycles. The van der Waals surface area contributed by atoms with Crippen molar-refractivity contribution in [1.82, 2.24) is 20.9 Å². The molecular formula is C54H55N5O10. The monoisotopic (exact) mass is 933 g/mol. The van der Waals surface area contributed by atoms with Gasteiger partial charge < -0.3 is 50.6 Å². The van der Waals surface area contributed by atoms with Gasteiger partial charge in [0.15, 0.2) is 0 Å². The molecule has 0 spiro atoms. The fourth-order valence-corrected chi connectivity index (χ4v) is 7.79. The largest absolute Gasteiger partial charge is 0.489 e. The first-order valence-corrected chi connectivity index (χ1v) is 22.5. The van der Waals surface area contributed by atoms with Crippen molar-refractivity contribution in [1.29, 1.82) is 0 Å². The predicted molar refractivity (Wildman–Crippen MR) is 257 cm³/mol. The first-order valence-electron chi connectivity index (χ1n) is 22.5. The second-order valence-corrected chi connectivity index (χ2v) is 16.6. The van der Waals surface area contributed by atoms with Crippen LogP contribution in [-0.4, -0.2) is 77.7 Å². The van der Waals surface area contributed by atoms with Gasteiger partial charge in [-0.3, -0.25) is 14.4 Å². The molecular weight excluding hydrogens is 879 g/mol. The number of nitrogens with two attached hydrogens (primary N) is 1. The third-order valence-corrected chi connectivity index (χ3v) is 11.5. The number of likely N-dealkylation sites (N-methyl/N-ethyl adjacent to an activating group) is 1. The van der Waals surface area contributed by atoms with E-state index in [1.807, 2.05) is 97.1 Å². The number of nitrogens with one attached hydrogen (secondary N) is 3. The number of benzene rings is 6. The first-order chi connectivity index (χ1) is 33.5. The SMILES string of the molecule is CN1C(=O)[C@H](C[C@@H](O)CNC(=O)OCc2ccccc2)NC(=O)[C@@H](NC(=O)OCc2ccccc2)Cc2cc(ccc2OCc2ccccc2)-c2ccc(OCc3ccccc3)c(c2)C[C@H]1C(N)=O. The summed E-state index contributed by atoms with van der Waals surface area (Å²) in [7, 11) is 1.38. The van der Waals surface area contributed by atoms with Gasteiger partial charge in [-0.1, -0.05) is 133 Å². The van der Waals surface area contributed by atoms with Gasteiger partial charge in [-0.15, -0.1) is 0 Å². The Balaban J connectivity index is 1.25. The highest BCUT2D eigenvalue weighted by molar-refractivity contribution is 5.94. The zero-order valence-electron chi connectivity index (χ0n) is 38.1. The van der Waals surface area contributed by atoms with E-state index in [-0.39, 0.29) is 45.8 Å².